The number of aliphatic hydroxyl groups excluding tert-OH is 1. The van der Waals surface area contributed by atoms with Crippen LogP contribution >= 0.6 is 11.3 Å². The summed E-state index contributed by atoms with van der Waals surface area (Å²) in [4.78, 5) is 2.30. The summed E-state index contributed by atoms with van der Waals surface area (Å²) in [6.45, 7) is 1.95. The van der Waals surface area contributed by atoms with Crippen molar-refractivity contribution in [3.8, 4) is 16.9 Å². The molecular formula is C26H30N2O4S2. The minimum Gasteiger partial charge on any atom is -0.497 e. The second-order valence-corrected chi connectivity index (χ2v) is 12.0. The van der Waals surface area contributed by atoms with Crippen LogP contribution in [0.5, 0.6) is 5.75 Å². The van der Waals surface area contributed by atoms with Gasteiger partial charge in [0.25, 0.3) is 10.0 Å². The van der Waals surface area contributed by atoms with E-state index in [2.05, 4.69) is 29.2 Å². The van der Waals surface area contributed by atoms with E-state index in [0.717, 1.165) is 41.8 Å². The highest BCUT2D eigenvalue weighted by atomic mass is 32.2. The fraction of sp³-hybridized carbons (Fsp3) is 0.385. The molecule has 34 heavy (non-hydrogen) atoms. The molecule has 2 saturated heterocycles. The molecule has 3 aromatic rings. The number of aliphatic hydroxyl groups is 1. The van der Waals surface area contributed by atoms with Crippen molar-refractivity contribution in [3.63, 3.8) is 0 Å². The zero-order chi connectivity index (χ0) is 23.7. The molecule has 0 radical (unpaired) electrons. The molecule has 1 aromatic heterocycles. The molecule has 1 N–H and O–H groups in total. The van der Waals surface area contributed by atoms with Crippen LogP contribution in [0.25, 0.3) is 11.1 Å². The van der Waals surface area contributed by atoms with Gasteiger partial charge in [-0.25, -0.2) is 8.42 Å². The molecule has 3 atom stereocenters. The van der Waals surface area contributed by atoms with E-state index in [0.29, 0.717) is 17.3 Å². The molecule has 2 aliphatic heterocycles. The third kappa shape index (κ3) is 4.29. The van der Waals surface area contributed by atoms with Gasteiger partial charge in [0.05, 0.1) is 13.7 Å². The maximum Gasteiger partial charge on any atom is 0.252 e. The summed E-state index contributed by atoms with van der Waals surface area (Å²) in [5.74, 6) is 0.918. The number of hydrogen-bond acceptors (Lipinski definition) is 6. The van der Waals surface area contributed by atoms with E-state index in [9.17, 15) is 13.5 Å². The maximum atomic E-state index is 13.3. The molecule has 0 aliphatic carbocycles. The molecule has 3 heterocycles. The summed E-state index contributed by atoms with van der Waals surface area (Å²) >= 11 is 1.27. The van der Waals surface area contributed by atoms with Gasteiger partial charge >= 0.3 is 0 Å². The summed E-state index contributed by atoms with van der Waals surface area (Å²) in [5.41, 5.74) is 3.37. The number of rotatable bonds is 6. The second kappa shape index (κ2) is 9.79. The molecule has 0 bridgehead atoms. The van der Waals surface area contributed by atoms with Crippen LogP contribution in [0.2, 0.25) is 0 Å². The van der Waals surface area contributed by atoms with Gasteiger partial charge in [0.2, 0.25) is 0 Å². The van der Waals surface area contributed by atoms with Crippen molar-refractivity contribution in [2.24, 2.45) is 0 Å². The second-order valence-electron chi connectivity index (χ2n) is 8.93. The fourth-order valence-corrected chi connectivity index (χ4v) is 7.99. The highest BCUT2D eigenvalue weighted by Crippen LogP contribution is 2.43. The van der Waals surface area contributed by atoms with E-state index in [1.54, 1.807) is 23.5 Å². The minimum atomic E-state index is -3.51. The van der Waals surface area contributed by atoms with Gasteiger partial charge in [0, 0.05) is 31.1 Å². The standard InChI is InChI=1S/C26H30N2O4S2/c1-32-22-12-10-20(11-13-22)19-6-8-21(9-7-19)26-23-17-27(34(30,31)25-5-4-16-33-25)14-2-3-15-28(23)24(26)18-29/h4-13,16,23-24,26,29H,2-3,14-15,17-18H2,1H3/t23-,24-,26-/m0/s1. The molecular weight excluding hydrogens is 468 g/mol. The first-order valence-corrected chi connectivity index (χ1v) is 14.0. The molecule has 8 heteroatoms. The third-order valence-corrected chi connectivity index (χ3v) is 10.4. The predicted molar refractivity (Wildman–Crippen MR) is 135 cm³/mol. The van der Waals surface area contributed by atoms with Gasteiger partial charge in [-0.1, -0.05) is 42.5 Å². The fourth-order valence-electron chi connectivity index (χ4n) is 5.35. The summed E-state index contributed by atoms with van der Waals surface area (Å²) in [6.07, 6.45) is 1.75. The zero-order valence-corrected chi connectivity index (χ0v) is 20.8. The van der Waals surface area contributed by atoms with E-state index in [1.807, 2.05) is 29.6 Å². The Bertz CT molecular complexity index is 1190. The molecule has 0 saturated carbocycles. The average molecular weight is 499 g/mol. The highest BCUT2D eigenvalue weighted by molar-refractivity contribution is 7.91. The van der Waals surface area contributed by atoms with Crippen molar-refractivity contribution >= 4 is 21.4 Å². The Kier molecular flexibility index (Phi) is 6.77. The number of nitrogens with zero attached hydrogens (tertiary/aromatic N) is 2. The van der Waals surface area contributed by atoms with E-state index in [4.69, 9.17) is 4.74 Å². The van der Waals surface area contributed by atoms with Crippen molar-refractivity contribution in [1.82, 2.24) is 9.21 Å². The summed E-state index contributed by atoms with van der Waals surface area (Å²) in [7, 11) is -1.85. The van der Waals surface area contributed by atoms with Crippen molar-refractivity contribution in [1.29, 1.82) is 0 Å². The van der Waals surface area contributed by atoms with E-state index >= 15 is 0 Å². The SMILES string of the molecule is COc1ccc(-c2ccc([C@@H]3[C@H](CO)N4CCCCN(S(=O)(=O)c5cccs5)C[C@@H]34)cc2)cc1. The highest BCUT2D eigenvalue weighted by Gasteiger charge is 2.50. The Morgan fingerprint density at radius 2 is 1.68 bits per heavy atom. The molecule has 0 spiro atoms. The monoisotopic (exact) mass is 498 g/mol. The molecule has 5 rings (SSSR count). The van der Waals surface area contributed by atoms with Crippen molar-refractivity contribution in [3.05, 3.63) is 71.6 Å². The van der Waals surface area contributed by atoms with Gasteiger partial charge < -0.3 is 9.84 Å². The maximum absolute atomic E-state index is 13.3. The number of thiophene rings is 1. The van der Waals surface area contributed by atoms with Crippen LogP contribution in [0.1, 0.15) is 24.3 Å². The normalized spacial score (nSPS) is 24.0. The van der Waals surface area contributed by atoms with E-state index in [-0.39, 0.29) is 24.6 Å². The van der Waals surface area contributed by atoms with Crippen LogP contribution in [0.3, 0.4) is 0 Å². The third-order valence-electron chi connectivity index (χ3n) is 7.14. The molecule has 6 nitrogen and oxygen atoms in total. The molecule has 0 amide bonds. The summed E-state index contributed by atoms with van der Waals surface area (Å²) in [6, 6.07) is 20.0. The van der Waals surface area contributed by atoms with Crippen LogP contribution in [-0.4, -0.2) is 68.2 Å². The number of benzene rings is 2. The number of sulfonamides is 1. The lowest BCUT2D eigenvalue weighted by atomic mass is 9.74. The average Bonchev–Trinajstić information content (AvgIpc) is 3.39. The molecule has 2 fully saturated rings. The molecule has 2 aliphatic rings. The van der Waals surface area contributed by atoms with Crippen LogP contribution < -0.4 is 4.74 Å². The van der Waals surface area contributed by atoms with Crippen LogP contribution in [0.4, 0.5) is 0 Å². The van der Waals surface area contributed by atoms with Crippen LogP contribution in [-0.2, 0) is 10.0 Å². The van der Waals surface area contributed by atoms with Gasteiger partial charge in [-0.05, 0) is 59.7 Å². The van der Waals surface area contributed by atoms with Gasteiger partial charge in [0.1, 0.15) is 9.96 Å². The van der Waals surface area contributed by atoms with E-state index in [1.165, 1.54) is 11.3 Å². The number of ether oxygens (including phenoxy) is 1. The van der Waals surface area contributed by atoms with Crippen LogP contribution in [0.15, 0.2) is 70.3 Å². The smallest absolute Gasteiger partial charge is 0.252 e. The first-order valence-electron chi connectivity index (χ1n) is 11.7. The van der Waals surface area contributed by atoms with E-state index < -0.39 is 10.0 Å². The van der Waals surface area contributed by atoms with Crippen molar-refractivity contribution in [2.45, 2.75) is 35.1 Å². The zero-order valence-electron chi connectivity index (χ0n) is 19.2. The number of hydrogen-bond donors (Lipinski definition) is 1. The quantitative estimate of drug-likeness (QED) is 0.556. The largest absolute Gasteiger partial charge is 0.497 e. The van der Waals surface area contributed by atoms with Gasteiger partial charge in [0.15, 0.2) is 0 Å². The Labute approximate surface area is 205 Å². The number of fused-ring (bicyclic) bond motifs is 1. The van der Waals surface area contributed by atoms with Gasteiger partial charge in [-0.15, -0.1) is 11.3 Å². The first-order chi connectivity index (χ1) is 16.5. The molecule has 180 valence electrons. The lowest BCUT2D eigenvalue weighted by molar-refractivity contribution is -0.0553. The minimum absolute atomic E-state index is 0.0150. The lowest BCUT2D eigenvalue weighted by Crippen LogP contribution is -2.67. The first kappa shape index (κ1) is 23.5. The van der Waals surface area contributed by atoms with Gasteiger partial charge in [-0.2, -0.15) is 4.31 Å². The predicted octanol–water partition coefficient (Wildman–Crippen LogP) is 4.04. The van der Waals surface area contributed by atoms with Crippen molar-refractivity contribution in [2.75, 3.05) is 33.4 Å². The number of methoxy groups -OCH3 is 1. The topological polar surface area (TPSA) is 70.1 Å². The Hall–Kier alpha value is -2.23. The van der Waals surface area contributed by atoms with Crippen LogP contribution in [0, 0.1) is 0 Å². The summed E-state index contributed by atoms with van der Waals surface area (Å²) < 4.78 is 33.9. The Balaban J connectivity index is 1.40. The molecule has 0 unspecified atom stereocenters. The summed E-state index contributed by atoms with van der Waals surface area (Å²) in [5, 5.41) is 12.0. The Morgan fingerprint density at radius 1 is 1.00 bits per heavy atom. The Morgan fingerprint density at radius 3 is 2.29 bits per heavy atom. The lowest BCUT2D eigenvalue weighted by Gasteiger charge is -2.57. The van der Waals surface area contributed by atoms with Gasteiger partial charge in [-0.3, -0.25) is 4.90 Å². The van der Waals surface area contributed by atoms with Crippen molar-refractivity contribution < 1.29 is 18.3 Å². The molecule has 2 aromatic carbocycles.